The summed E-state index contributed by atoms with van der Waals surface area (Å²) in [5, 5.41) is 4.26. The molecule has 1 aliphatic carbocycles. The molecule has 0 spiro atoms. The maximum Gasteiger partial charge on any atom is 0.337 e. The maximum atomic E-state index is 16.0. The molecule has 4 atom stereocenters. The second-order valence-electron chi connectivity index (χ2n) is 11.4. The fourth-order valence-electron chi connectivity index (χ4n) is 5.94. The molecule has 10 heteroatoms. The first-order valence-electron chi connectivity index (χ1n) is 14.2. The van der Waals surface area contributed by atoms with Gasteiger partial charge in [0.1, 0.15) is 23.6 Å². The number of carbonyl (C=O) groups is 1. The molecule has 7 nitrogen and oxygen atoms in total. The zero-order valence-electron chi connectivity index (χ0n) is 22.6. The number of nitrogens with zero attached hydrogens (tertiary/aromatic N) is 3. The third-order valence-corrected chi connectivity index (χ3v) is 9.31. The Morgan fingerprint density at radius 1 is 1.31 bits per heavy atom. The zero-order chi connectivity index (χ0) is 27.4. The fourth-order valence-corrected chi connectivity index (χ4v) is 6.44. The molecule has 2 aromatic rings. The van der Waals surface area contributed by atoms with Gasteiger partial charge in [-0.3, -0.25) is 4.90 Å². The van der Waals surface area contributed by atoms with E-state index in [2.05, 4.69) is 31.7 Å². The van der Waals surface area contributed by atoms with Crippen LogP contribution < -0.4 is 15.4 Å². The van der Waals surface area contributed by atoms with Gasteiger partial charge in [-0.1, -0.05) is 6.07 Å². The highest BCUT2D eigenvalue weighted by molar-refractivity contribution is 14.1. The van der Waals surface area contributed by atoms with Gasteiger partial charge in [-0.2, -0.15) is 0 Å². The summed E-state index contributed by atoms with van der Waals surface area (Å²) >= 11 is 1.64. The molecular weight excluding hydrogens is 629 g/mol. The van der Waals surface area contributed by atoms with Gasteiger partial charge >= 0.3 is 5.97 Å². The molecule has 0 radical (unpaired) electrons. The van der Waals surface area contributed by atoms with Crippen LogP contribution in [0.4, 0.5) is 10.2 Å². The molecule has 1 saturated carbocycles. The summed E-state index contributed by atoms with van der Waals surface area (Å²) in [5.41, 5.74) is 1.74. The second-order valence-corrected chi connectivity index (χ2v) is 12.5. The summed E-state index contributed by atoms with van der Waals surface area (Å²) in [6.45, 7) is 3.82. The Bertz CT molecular complexity index is 1170. The average Bonchev–Trinajstić information content (AvgIpc) is 3.40. The van der Waals surface area contributed by atoms with E-state index in [0.717, 1.165) is 74.7 Å². The van der Waals surface area contributed by atoms with E-state index < -0.39 is 11.7 Å². The molecule has 2 aromatic heterocycles. The molecule has 5 rings (SSSR count). The number of pyridine rings is 2. The highest BCUT2D eigenvalue weighted by atomic mass is 127. The standard InChI is InChI=1S/C29H39FIN4O3P/c1-29(30,13-3-2-7-21-11-10-19-6-5-14-32-26(19)34-21)20-12-15-35(18-20)25(28(36)38-31)24-16-23(39)17-33-27(24)37-22-8-4-9-22/h10-11,16-17,20,22,25H,2-9,12-15,18,39H2,1H3,(H,32,34)/t20-,25?,29?/m1/s1. The van der Waals surface area contributed by atoms with Gasteiger partial charge in [-0.15, -0.1) is 9.24 Å². The van der Waals surface area contributed by atoms with Crippen LogP contribution >= 0.6 is 32.2 Å². The van der Waals surface area contributed by atoms with Crippen molar-refractivity contribution in [3.63, 3.8) is 0 Å². The van der Waals surface area contributed by atoms with Crippen LogP contribution in [0.5, 0.6) is 5.88 Å². The van der Waals surface area contributed by atoms with Crippen LogP contribution in [0, 0.1) is 5.92 Å². The van der Waals surface area contributed by atoms with E-state index in [0.29, 0.717) is 37.4 Å². The quantitative estimate of drug-likeness (QED) is 0.188. The molecule has 3 unspecified atom stereocenters. The summed E-state index contributed by atoms with van der Waals surface area (Å²) < 4.78 is 27.4. The van der Waals surface area contributed by atoms with Crippen molar-refractivity contribution in [3.05, 3.63) is 41.2 Å². The number of rotatable bonds is 11. The van der Waals surface area contributed by atoms with Crippen molar-refractivity contribution in [1.82, 2.24) is 14.9 Å². The van der Waals surface area contributed by atoms with E-state index in [9.17, 15) is 4.79 Å². The van der Waals surface area contributed by atoms with Gasteiger partial charge in [-0.05, 0) is 101 Å². The first kappa shape index (κ1) is 28.9. The normalized spacial score (nSPS) is 21.8. The summed E-state index contributed by atoms with van der Waals surface area (Å²) in [4.78, 5) is 24.4. The Labute approximate surface area is 247 Å². The van der Waals surface area contributed by atoms with Crippen molar-refractivity contribution in [1.29, 1.82) is 0 Å². The van der Waals surface area contributed by atoms with Gasteiger partial charge in [0.2, 0.25) is 5.88 Å². The Kier molecular flexibility index (Phi) is 9.60. The van der Waals surface area contributed by atoms with Crippen LogP contribution in [0.3, 0.4) is 0 Å². The monoisotopic (exact) mass is 668 g/mol. The Hall–Kier alpha value is -1.58. The van der Waals surface area contributed by atoms with Crippen LogP contribution in [0.1, 0.15) is 81.2 Å². The lowest BCUT2D eigenvalue weighted by Crippen LogP contribution is -2.37. The van der Waals surface area contributed by atoms with Crippen LogP contribution in [-0.2, 0) is 20.7 Å². The molecule has 4 heterocycles. The van der Waals surface area contributed by atoms with Crippen molar-refractivity contribution in [2.24, 2.45) is 5.92 Å². The van der Waals surface area contributed by atoms with Gasteiger partial charge in [0, 0.05) is 36.5 Å². The molecule has 0 amide bonds. The van der Waals surface area contributed by atoms with Gasteiger partial charge < -0.3 is 13.1 Å². The van der Waals surface area contributed by atoms with E-state index in [1.54, 1.807) is 36.1 Å². The smallest absolute Gasteiger partial charge is 0.337 e. The second kappa shape index (κ2) is 12.9. The number of ether oxygens (including phenoxy) is 1. The lowest BCUT2D eigenvalue weighted by molar-refractivity contribution is -0.137. The molecule has 0 bridgehead atoms. The van der Waals surface area contributed by atoms with Crippen LogP contribution in [0.25, 0.3) is 0 Å². The number of aryl methyl sites for hydroxylation is 2. The SMILES string of the molecule is CC(F)(CCCCc1ccc2c(n1)NCCC2)[C@@H]1CCN(C(C(=O)OI)c2cc(P)cnc2OC2CCC2)C1. The molecule has 212 valence electrons. The lowest BCUT2D eigenvalue weighted by Gasteiger charge is -2.31. The predicted molar refractivity (Wildman–Crippen MR) is 162 cm³/mol. The molecule has 39 heavy (non-hydrogen) atoms. The number of hydrogen-bond acceptors (Lipinski definition) is 7. The van der Waals surface area contributed by atoms with Crippen molar-refractivity contribution in [3.8, 4) is 5.88 Å². The minimum atomic E-state index is -1.32. The number of carbonyl (C=O) groups excluding carboxylic acids is 1. The topological polar surface area (TPSA) is 76.6 Å². The van der Waals surface area contributed by atoms with Crippen molar-refractivity contribution >= 4 is 49.3 Å². The van der Waals surface area contributed by atoms with Gasteiger partial charge in [-0.25, -0.2) is 19.2 Å². The molecule has 1 saturated heterocycles. The summed E-state index contributed by atoms with van der Waals surface area (Å²) in [5.74, 6) is 0.967. The first-order valence-corrected chi connectivity index (χ1v) is 15.7. The number of halogens is 2. The molecule has 0 aromatic carbocycles. The van der Waals surface area contributed by atoms with Gasteiger partial charge in [0.15, 0.2) is 23.0 Å². The van der Waals surface area contributed by atoms with E-state index in [-0.39, 0.29) is 18.0 Å². The highest BCUT2D eigenvalue weighted by Gasteiger charge is 2.43. The van der Waals surface area contributed by atoms with E-state index >= 15 is 4.39 Å². The van der Waals surface area contributed by atoms with E-state index in [4.69, 9.17) is 12.8 Å². The maximum absolute atomic E-state index is 16.0. The summed E-state index contributed by atoms with van der Waals surface area (Å²) in [7, 11) is 2.64. The largest absolute Gasteiger partial charge is 0.474 e. The molecule has 1 N–H and O–H groups in total. The van der Waals surface area contributed by atoms with Crippen molar-refractivity contribution < 1.29 is 17.0 Å². The Balaban J connectivity index is 1.20. The first-order chi connectivity index (χ1) is 18.8. The van der Waals surface area contributed by atoms with E-state index in [1.165, 1.54) is 5.56 Å². The number of unbranched alkanes of at least 4 members (excludes halogenated alkanes) is 1. The third kappa shape index (κ3) is 7.02. The predicted octanol–water partition coefficient (Wildman–Crippen LogP) is 5.66. The van der Waals surface area contributed by atoms with Crippen LogP contribution in [-0.4, -0.2) is 52.2 Å². The summed E-state index contributed by atoms with van der Waals surface area (Å²) in [6.07, 6.45) is 11.0. The van der Waals surface area contributed by atoms with Gasteiger partial charge in [0.05, 0.1) is 0 Å². The summed E-state index contributed by atoms with van der Waals surface area (Å²) in [6, 6.07) is 5.55. The minimum Gasteiger partial charge on any atom is -0.474 e. The minimum absolute atomic E-state index is 0.135. The van der Waals surface area contributed by atoms with Crippen LogP contribution in [0.15, 0.2) is 24.4 Å². The number of fused-ring (bicyclic) bond motifs is 1. The van der Waals surface area contributed by atoms with Crippen LogP contribution in [0.2, 0.25) is 0 Å². The Morgan fingerprint density at radius 3 is 2.92 bits per heavy atom. The number of aromatic nitrogens is 2. The van der Waals surface area contributed by atoms with E-state index in [1.807, 2.05) is 11.0 Å². The number of likely N-dealkylation sites (tertiary alicyclic amines) is 1. The van der Waals surface area contributed by atoms with Crippen molar-refractivity contribution in [2.75, 3.05) is 25.0 Å². The molecular formula is C29H39FIN4O3P. The van der Waals surface area contributed by atoms with Crippen molar-refractivity contribution in [2.45, 2.75) is 88.9 Å². The Morgan fingerprint density at radius 2 is 2.15 bits per heavy atom. The average molecular weight is 669 g/mol. The lowest BCUT2D eigenvalue weighted by atomic mass is 9.85. The highest BCUT2D eigenvalue weighted by Crippen LogP contribution is 2.40. The molecule has 2 fully saturated rings. The number of nitrogens with one attached hydrogen (secondary N) is 1. The number of hydrogen-bond donors (Lipinski definition) is 1. The zero-order valence-corrected chi connectivity index (χ0v) is 25.9. The number of alkyl halides is 1. The number of anilines is 1. The molecule has 3 aliphatic rings. The fraction of sp³-hybridized carbons (Fsp3) is 0.621. The third-order valence-electron chi connectivity index (χ3n) is 8.56. The molecule has 2 aliphatic heterocycles. The van der Waals surface area contributed by atoms with Gasteiger partial charge in [0.25, 0.3) is 0 Å².